The van der Waals surface area contributed by atoms with Crippen LogP contribution in [0.5, 0.6) is 0 Å². The molecule has 0 saturated heterocycles. The molecule has 0 spiro atoms. The van der Waals surface area contributed by atoms with Gasteiger partial charge in [0.25, 0.3) is 0 Å². The zero-order valence-electron chi connectivity index (χ0n) is 7.93. The number of aliphatic hydroxyl groups is 1. The van der Waals surface area contributed by atoms with E-state index in [1.807, 2.05) is 0 Å². The third kappa shape index (κ3) is 3.25. The van der Waals surface area contributed by atoms with Crippen LogP contribution in [0.4, 0.5) is 4.39 Å². The van der Waals surface area contributed by atoms with Gasteiger partial charge >= 0.3 is 0 Å². The minimum absolute atomic E-state index is 0.271. The highest BCUT2D eigenvalue weighted by atomic mass is 35.5. The van der Waals surface area contributed by atoms with E-state index < -0.39 is 6.10 Å². The Hall–Kier alpha value is -0.640. The van der Waals surface area contributed by atoms with Crippen LogP contribution in [0.25, 0.3) is 0 Å². The maximum Gasteiger partial charge on any atom is 0.126 e. The van der Waals surface area contributed by atoms with Crippen molar-refractivity contribution in [2.24, 2.45) is 0 Å². The van der Waals surface area contributed by atoms with Crippen molar-refractivity contribution in [1.82, 2.24) is 5.32 Å². The monoisotopic (exact) mass is 217 g/mol. The lowest BCUT2D eigenvalue weighted by Gasteiger charge is -2.10. The number of halogens is 2. The molecule has 1 aromatic rings. The predicted molar refractivity (Wildman–Crippen MR) is 55.0 cm³/mol. The van der Waals surface area contributed by atoms with E-state index in [4.69, 9.17) is 11.6 Å². The van der Waals surface area contributed by atoms with Gasteiger partial charge in [0.05, 0.1) is 6.10 Å². The quantitative estimate of drug-likeness (QED) is 0.803. The van der Waals surface area contributed by atoms with Gasteiger partial charge in [-0.15, -0.1) is 0 Å². The molecule has 2 nitrogen and oxygen atoms in total. The van der Waals surface area contributed by atoms with Crippen molar-refractivity contribution in [3.63, 3.8) is 0 Å². The van der Waals surface area contributed by atoms with E-state index >= 15 is 0 Å². The van der Waals surface area contributed by atoms with Crippen molar-refractivity contribution >= 4 is 11.6 Å². The molecular formula is C10H13ClFNO. The van der Waals surface area contributed by atoms with E-state index in [2.05, 4.69) is 5.32 Å². The van der Waals surface area contributed by atoms with E-state index in [0.29, 0.717) is 17.1 Å². The van der Waals surface area contributed by atoms with Crippen LogP contribution >= 0.6 is 11.6 Å². The van der Waals surface area contributed by atoms with Gasteiger partial charge in [0, 0.05) is 18.0 Å². The minimum atomic E-state index is -0.590. The summed E-state index contributed by atoms with van der Waals surface area (Å²) in [5, 5.41) is 12.7. The smallest absolute Gasteiger partial charge is 0.126 e. The van der Waals surface area contributed by atoms with Crippen molar-refractivity contribution < 1.29 is 9.50 Å². The number of nitrogens with one attached hydrogen (secondary N) is 1. The Morgan fingerprint density at radius 3 is 2.93 bits per heavy atom. The lowest BCUT2D eigenvalue weighted by atomic mass is 10.1. The maximum absolute atomic E-state index is 13.2. The Kier molecular flexibility index (Phi) is 4.32. The summed E-state index contributed by atoms with van der Waals surface area (Å²) < 4.78 is 13.2. The highest BCUT2D eigenvalue weighted by Gasteiger charge is 2.08. The molecule has 0 amide bonds. The SMILES string of the molecule is CNCC(O)Cc1cc(Cl)ccc1F. The third-order valence-electron chi connectivity index (χ3n) is 1.90. The van der Waals surface area contributed by atoms with Crippen molar-refractivity contribution in [3.05, 3.63) is 34.6 Å². The van der Waals surface area contributed by atoms with Crippen LogP contribution in [-0.4, -0.2) is 24.8 Å². The Morgan fingerprint density at radius 2 is 2.29 bits per heavy atom. The lowest BCUT2D eigenvalue weighted by molar-refractivity contribution is 0.173. The Labute approximate surface area is 87.7 Å². The summed E-state index contributed by atoms with van der Waals surface area (Å²) >= 11 is 5.71. The second kappa shape index (κ2) is 5.29. The van der Waals surface area contributed by atoms with Crippen molar-refractivity contribution in [2.45, 2.75) is 12.5 Å². The second-order valence-electron chi connectivity index (χ2n) is 3.15. The molecule has 0 fully saturated rings. The Bertz CT molecular complexity index is 306. The summed E-state index contributed by atoms with van der Waals surface area (Å²) in [6.07, 6.45) is -0.319. The number of rotatable bonds is 4. The summed E-state index contributed by atoms with van der Waals surface area (Å²) in [6.45, 7) is 0.436. The van der Waals surface area contributed by atoms with Crippen LogP contribution in [0.1, 0.15) is 5.56 Å². The predicted octanol–water partition coefficient (Wildman–Crippen LogP) is 1.60. The first-order valence-corrected chi connectivity index (χ1v) is 4.78. The van der Waals surface area contributed by atoms with Crippen molar-refractivity contribution in [2.75, 3.05) is 13.6 Å². The van der Waals surface area contributed by atoms with Crippen LogP contribution in [0.3, 0.4) is 0 Å². The number of likely N-dealkylation sites (N-methyl/N-ethyl adjacent to an activating group) is 1. The third-order valence-corrected chi connectivity index (χ3v) is 2.14. The van der Waals surface area contributed by atoms with E-state index in [1.54, 1.807) is 7.05 Å². The fourth-order valence-corrected chi connectivity index (χ4v) is 1.46. The largest absolute Gasteiger partial charge is 0.391 e. The van der Waals surface area contributed by atoms with E-state index in [1.165, 1.54) is 18.2 Å². The summed E-state index contributed by atoms with van der Waals surface area (Å²) in [7, 11) is 1.73. The molecule has 14 heavy (non-hydrogen) atoms. The summed E-state index contributed by atoms with van der Waals surface area (Å²) in [6, 6.07) is 4.34. The molecule has 0 radical (unpaired) electrons. The number of hydrogen-bond donors (Lipinski definition) is 2. The molecule has 4 heteroatoms. The van der Waals surface area contributed by atoms with E-state index in [9.17, 15) is 9.50 Å². The van der Waals surface area contributed by atoms with Gasteiger partial charge < -0.3 is 10.4 Å². The van der Waals surface area contributed by atoms with Gasteiger partial charge in [-0.1, -0.05) is 11.6 Å². The van der Waals surface area contributed by atoms with Gasteiger partial charge in [0.2, 0.25) is 0 Å². The molecule has 0 aromatic heterocycles. The molecule has 1 aromatic carbocycles. The standard InChI is InChI=1S/C10H13ClFNO/c1-13-6-9(14)5-7-4-8(11)2-3-10(7)12/h2-4,9,13-14H,5-6H2,1H3. The molecule has 1 atom stereocenters. The highest BCUT2D eigenvalue weighted by molar-refractivity contribution is 6.30. The Balaban J connectivity index is 2.70. The fraction of sp³-hybridized carbons (Fsp3) is 0.400. The number of benzene rings is 1. The highest BCUT2D eigenvalue weighted by Crippen LogP contribution is 2.16. The van der Waals surface area contributed by atoms with Gasteiger partial charge in [-0.3, -0.25) is 0 Å². The van der Waals surface area contributed by atoms with E-state index in [0.717, 1.165) is 0 Å². The van der Waals surface area contributed by atoms with Crippen LogP contribution in [0, 0.1) is 5.82 Å². The van der Waals surface area contributed by atoms with Gasteiger partial charge in [-0.05, 0) is 30.8 Å². The average molecular weight is 218 g/mol. The maximum atomic E-state index is 13.2. The molecule has 1 rings (SSSR count). The Morgan fingerprint density at radius 1 is 1.57 bits per heavy atom. The molecule has 2 N–H and O–H groups in total. The molecule has 78 valence electrons. The number of aliphatic hydroxyl groups excluding tert-OH is 1. The summed E-state index contributed by atoms with van der Waals surface area (Å²) in [5.41, 5.74) is 0.445. The first-order valence-electron chi connectivity index (χ1n) is 4.40. The van der Waals surface area contributed by atoms with Gasteiger partial charge in [0.1, 0.15) is 5.82 Å². The average Bonchev–Trinajstić information content (AvgIpc) is 2.12. The lowest BCUT2D eigenvalue weighted by Crippen LogP contribution is -2.25. The van der Waals surface area contributed by atoms with Crippen LogP contribution in [0.15, 0.2) is 18.2 Å². The molecule has 0 aliphatic carbocycles. The van der Waals surface area contributed by atoms with E-state index in [-0.39, 0.29) is 12.2 Å². The number of hydrogen-bond acceptors (Lipinski definition) is 2. The molecule has 1 unspecified atom stereocenters. The van der Waals surface area contributed by atoms with Crippen LogP contribution in [-0.2, 0) is 6.42 Å². The first kappa shape index (κ1) is 11.4. The summed E-state index contributed by atoms with van der Waals surface area (Å²) in [4.78, 5) is 0. The van der Waals surface area contributed by atoms with Gasteiger partial charge in [-0.25, -0.2) is 4.39 Å². The fourth-order valence-electron chi connectivity index (χ4n) is 1.26. The van der Waals surface area contributed by atoms with Crippen LogP contribution < -0.4 is 5.32 Å². The van der Waals surface area contributed by atoms with Crippen molar-refractivity contribution in [3.8, 4) is 0 Å². The zero-order valence-corrected chi connectivity index (χ0v) is 8.68. The normalized spacial score (nSPS) is 12.9. The molecular weight excluding hydrogens is 205 g/mol. The first-order chi connectivity index (χ1) is 6.63. The van der Waals surface area contributed by atoms with Gasteiger partial charge in [-0.2, -0.15) is 0 Å². The van der Waals surface area contributed by atoms with Crippen LogP contribution in [0.2, 0.25) is 5.02 Å². The molecule has 0 saturated carbocycles. The minimum Gasteiger partial charge on any atom is -0.391 e. The van der Waals surface area contributed by atoms with Gasteiger partial charge in [0.15, 0.2) is 0 Å². The topological polar surface area (TPSA) is 32.3 Å². The zero-order chi connectivity index (χ0) is 10.6. The summed E-state index contributed by atoms with van der Waals surface area (Å²) in [5.74, 6) is -0.329. The molecule has 0 bridgehead atoms. The molecule has 0 aliphatic heterocycles. The molecule has 0 heterocycles. The van der Waals surface area contributed by atoms with Crippen molar-refractivity contribution in [1.29, 1.82) is 0 Å². The second-order valence-corrected chi connectivity index (χ2v) is 3.59. The molecule has 0 aliphatic rings.